The first kappa shape index (κ1) is 16.3. The van der Waals surface area contributed by atoms with E-state index >= 15 is 0 Å². The van der Waals surface area contributed by atoms with Crippen LogP contribution >= 0.6 is 0 Å². The molecule has 0 amide bonds. The van der Waals surface area contributed by atoms with E-state index in [0.717, 1.165) is 31.2 Å². The van der Waals surface area contributed by atoms with Gasteiger partial charge in [-0.1, -0.05) is 38.8 Å². The smallest absolute Gasteiger partial charge is 0.218 e. The third-order valence-corrected chi connectivity index (χ3v) is 6.83. The van der Waals surface area contributed by atoms with Gasteiger partial charge >= 0.3 is 0 Å². The van der Waals surface area contributed by atoms with E-state index in [0.29, 0.717) is 24.2 Å². The highest BCUT2D eigenvalue weighted by Gasteiger charge is 2.35. The number of benzene rings is 1. The Morgan fingerprint density at radius 3 is 2.33 bits per heavy atom. The van der Waals surface area contributed by atoms with E-state index in [9.17, 15) is 8.42 Å². The minimum absolute atomic E-state index is 0.0449. The monoisotopic (exact) mass is 310 g/mol. The Labute approximate surface area is 128 Å². The normalized spacial score (nSPS) is 19.5. The van der Waals surface area contributed by atoms with Crippen molar-refractivity contribution < 1.29 is 8.42 Å². The van der Waals surface area contributed by atoms with Crippen LogP contribution < -0.4 is 5.73 Å². The van der Waals surface area contributed by atoms with Crippen molar-refractivity contribution in [2.24, 2.45) is 5.41 Å². The molecule has 1 aliphatic heterocycles. The van der Waals surface area contributed by atoms with Crippen LogP contribution in [0.3, 0.4) is 0 Å². The first-order valence-corrected chi connectivity index (χ1v) is 9.34. The highest BCUT2D eigenvalue weighted by molar-refractivity contribution is 7.88. The zero-order chi connectivity index (χ0) is 15.5. The molecular formula is C16H26N2O2S. The number of anilines is 1. The number of nitrogens with zero attached hydrogens (tertiary/aromatic N) is 1. The summed E-state index contributed by atoms with van der Waals surface area (Å²) in [7, 11) is -3.24. The van der Waals surface area contributed by atoms with E-state index in [2.05, 4.69) is 13.8 Å². The minimum atomic E-state index is -3.24. The van der Waals surface area contributed by atoms with Gasteiger partial charge in [0.05, 0.1) is 5.75 Å². The second kappa shape index (κ2) is 6.36. The van der Waals surface area contributed by atoms with Crippen molar-refractivity contribution in [1.29, 1.82) is 0 Å². The van der Waals surface area contributed by atoms with Crippen LogP contribution in [-0.2, 0) is 15.8 Å². The van der Waals surface area contributed by atoms with Gasteiger partial charge in [-0.05, 0) is 36.0 Å². The summed E-state index contributed by atoms with van der Waals surface area (Å²) in [5.41, 5.74) is 7.43. The molecular weight excluding hydrogens is 284 g/mol. The van der Waals surface area contributed by atoms with Gasteiger partial charge in [-0.15, -0.1) is 0 Å². The molecule has 1 saturated heterocycles. The molecule has 1 fully saturated rings. The molecule has 5 heteroatoms. The maximum absolute atomic E-state index is 12.5. The zero-order valence-corrected chi connectivity index (χ0v) is 13.8. The van der Waals surface area contributed by atoms with Crippen molar-refractivity contribution in [3.8, 4) is 0 Å². The fourth-order valence-corrected chi connectivity index (χ4v) is 4.70. The standard InChI is InChI=1S/C16H26N2O2S/c1-3-16(4-2)8-10-18(11-9-16)21(19,20)13-14-6-5-7-15(17)12-14/h5-7,12H,3-4,8-11,13,17H2,1-2H3. The molecule has 2 rings (SSSR count). The lowest BCUT2D eigenvalue weighted by Crippen LogP contribution is -2.43. The highest BCUT2D eigenvalue weighted by Crippen LogP contribution is 2.38. The van der Waals surface area contributed by atoms with Gasteiger partial charge in [0.1, 0.15) is 0 Å². The fraction of sp³-hybridized carbons (Fsp3) is 0.625. The van der Waals surface area contributed by atoms with Gasteiger partial charge in [-0.2, -0.15) is 0 Å². The van der Waals surface area contributed by atoms with Gasteiger partial charge in [0.15, 0.2) is 0 Å². The second-order valence-corrected chi connectivity index (χ2v) is 8.08. The van der Waals surface area contributed by atoms with Crippen molar-refractivity contribution in [2.45, 2.75) is 45.3 Å². The number of nitrogens with two attached hydrogens (primary N) is 1. The average Bonchev–Trinajstić information content (AvgIpc) is 2.47. The predicted octanol–water partition coefficient (Wildman–Crippen LogP) is 3.00. The van der Waals surface area contributed by atoms with Crippen LogP contribution in [0.2, 0.25) is 0 Å². The van der Waals surface area contributed by atoms with Crippen LogP contribution in [0.4, 0.5) is 5.69 Å². The van der Waals surface area contributed by atoms with Crippen molar-refractivity contribution in [3.63, 3.8) is 0 Å². The number of hydrogen-bond donors (Lipinski definition) is 1. The number of piperidine rings is 1. The molecule has 21 heavy (non-hydrogen) atoms. The maximum Gasteiger partial charge on any atom is 0.218 e. The summed E-state index contributed by atoms with van der Waals surface area (Å²) in [4.78, 5) is 0. The van der Waals surface area contributed by atoms with Gasteiger partial charge in [-0.3, -0.25) is 0 Å². The lowest BCUT2D eigenvalue weighted by Gasteiger charge is -2.40. The van der Waals surface area contributed by atoms with Crippen LogP contribution in [0.15, 0.2) is 24.3 Å². The number of nitrogen functional groups attached to an aromatic ring is 1. The summed E-state index contributed by atoms with van der Waals surface area (Å²) in [5, 5.41) is 0. The molecule has 0 saturated carbocycles. The molecule has 1 aromatic rings. The van der Waals surface area contributed by atoms with Gasteiger partial charge in [0.25, 0.3) is 0 Å². The summed E-state index contributed by atoms with van der Waals surface area (Å²) in [5.74, 6) is 0.0449. The Kier molecular flexibility index (Phi) is 4.94. The Morgan fingerprint density at radius 2 is 1.81 bits per heavy atom. The second-order valence-electron chi connectivity index (χ2n) is 6.11. The Morgan fingerprint density at radius 1 is 1.19 bits per heavy atom. The molecule has 0 unspecified atom stereocenters. The van der Waals surface area contributed by atoms with Crippen molar-refractivity contribution >= 4 is 15.7 Å². The Balaban J connectivity index is 2.05. The van der Waals surface area contributed by atoms with Gasteiger partial charge in [0.2, 0.25) is 10.0 Å². The minimum Gasteiger partial charge on any atom is -0.399 e. The molecule has 0 aromatic heterocycles. The van der Waals surface area contributed by atoms with E-state index in [1.54, 1.807) is 22.5 Å². The highest BCUT2D eigenvalue weighted by atomic mass is 32.2. The number of hydrogen-bond acceptors (Lipinski definition) is 3. The molecule has 0 spiro atoms. The molecule has 0 bridgehead atoms. The van der Waals surface area contributed by atoms with Crippen LogP contribution in [0.1, 0.15) is 45.1 Å². The molecule has 118 valence electrons. The number of rotatable bonds is 5. The van der Waals surface area contributed by atoms with Crippen molar-refractivity contribution in [2.75, 3.05) is 18.8 Å². The Hall–Kier alpha value is -1.07. The van der Waals surface area contributed by atoms with Crippen LogP contribution in [0.25, 0.3) is 0 Å². The van der Waals surface area contributed by atoms with Crippen molar-refractivity contribution in [1.82, 2.24) is 4.31 Å². The van der Waals surface area contributed by atoms with Crippen LogP contribution in [0.5, 0.6) is 0 Å². The summed E-state index contributed by atoms with van der Waals surface area (Å²) in [6.45, 7) is 5.71. The fourth-order valence-electron chi connectivity index (χ4n) is 3.18. The van der Waals surface area contributed by atoms with Crippen LogP contribution in [0, 0.1) is 5.41 Å². The molecule has 0 radical (unpaired) electrons. The summed E-state index contributed by atoms with van der Waals surface area (Å²) < 4.78 is 26.7. The maximum atomic E-state index is 12.5. The lowest BCUT2D eigenvalue weighted by atomic mass is 9.75. The van der Waals surface area contributed by atoms with Crippen LogP contribution in [-0.4, -0.2) is 25.8 Å². The van der Waals surface area contributed by atoms with E-state index in [-0.39, 0.29) is 5.75 Å². The summed E-state index contributed by atoms with van der Waals surface area (Å²) in [6.07, 6.45) is 4.20. The summed E-state index contributed by atoms with van der Waals surface area (Å²) in [6, 6.07) is 7.13. The van der Waals surface area contributed by atoms with Gasteiger partial charge in [-0.25, -0.2) is 12.7 Å². The average molecular weight is 310 g/mol. The van der Waals surface area contributed by atoms with E-state index in [1.165, 1.54) is 0 Å². The van der Waals surface area contributed by atoms with E-state index in [1.807, 2.05) is 6.07 Å². The quantitative estimate of drug-likeness (QED) is 0.850. The lowest BCUT2D eigenvalue weighted by molar-refractivity contribution is 0.141. The number of sulfonamides is 1. The largest absolute Gasteiger partial charge is 0.399 e. The van der Waals surface area contributed by atoms with Gasteiger partial charge < -0.3 is 5.73 Å². The van der Waals surface area contributed by atoms with E-state index < -0.39 is 10.0 Å². The zero-order valence-electron chi connectivity index (χ0n) is 13.0. The van der Waals surface area contributed by atoms with Gasteiger partial charge in [0, 0.05) is 18.8 Å². The molecule has 4 nitrogen and oxygen atoms in total. The third-order valence-electron chi connectivity index (χ3n) is 4.98. The van der Waals surface area contributed by atoms with Crippen molar-refractivity contribution in [3.05, 3.63) is 29.8 Å². The first-order valence-electron chi connectivity index (χ1n) is 7.73. The molecule has 1 heterocycles. The molecule has 2 N–H and O–H groups in total. The topological polar surface area (TPSA) is 63.4 Å². The molecule has 1 aromatic carbocycles. The van der Waals surface area contributed by atoms with E-state index in [4.69, 9.17) is 5.73 Å². The molecule has 0 atom stereocenters. The molecule has 0 aliphatic carbocycles. The Bertz CT molecular complexity index is 570. The summed E-state index contributed by atoms with van der Waals surface area (Å²) >= 11 is 0. The first-order chi connectivity index (χ1) is 9.91. The molecule has 1 aliphatic rings. The predicted molar refractivity (Wildman–Crippen MR) is 87.3 cm³/mol. The SMILES string of the molecule is CCC1(CC)CCN(S(=O)(=O)Cc2cccc(N)c2)CC1. The third kappa shape index (κ3) is 3.77.